The van der Waals surface area contributed by atoms with Crippen molar-refractivity contribution < 1.29 is 9.59 Å². The highest BCUT2D eigenvalue weighted by Gasteiger charge is 2.11. The maximum Gasteiger partial charge on any atom is 0.319 e. The summed E-state index contributed by atoms with van der Waals surface area (Å²) in [6.45, 7) is 5.27. The molecule has 2 rings (SSSR count). The smallest absolute Gasteiger partial charge is 0.319 e. The number of hydrogen-bond donors (Lipinski definition) is 3. The lowest BCUT2D eigenvalue weighted by Gasteiger charge is -2.14. The molecule has 0 radical (unpaired) electrons. The van der Waals surface area contributed by atoms with Crippen LogP contribution in [0, 0.1) is 6.92 Å². The molecule has 7 heteroatoms. The van der Waals surface area contributed by atoms with Gasteiger partial charge in [0.05, 0.1) is 10.7 Å². The van der Waals surface area contributed by atoms with Crippen molar-refractivity contribution in [2.24, 2.45) is 0 Å². The van der Waals surface area contributed by atoms with Crippen LogP contribution < -0.4 is 10.6 Å². The molecule has 122 valence electrons. The molecule has 0 saturated carbocycles. The minimum atomic E-state index is -0.337. The Bertz CT molecular complexity index is 727. The number of ketones is 1. The molecule has 0 saturated heterocycles. The molecule has 23 heavy (non-hydrogen) atoms. The van der Waals surface area contributed by atoms with Crippen molar-refractivity contribution >= 4 is 29.1 Å². The third kappa shape index (κ3) is 4.82. The second-order valence-corrected chi connectivity index (χ2v) is 5.90. The first-order valence-electron chi connectivity index (χ1n) is 7.24. The zero-order valence-corrected chi connectivity index (χ0v) is 14.0. The van der Waals surface area contributed by atoms with Crippen LogP contribution in [-0.2, 0) is 6.42 Å². The van der Waals surface area contributed by atoms with E-state index in [4.69, 9.17) is 11.6 Å². The molecule has 0 aliphatic carbocycles. The van der Waals surface area contributed by atoms with Crippen LogP contribution in [0.4, 0.5) is 10.5 Å². The van der Waals surface area contributed by atoms with Gasteiger partial charge in [0.2, 0.25) is 0 Å². The average molecular weight is 335 g/mol. The standard InChI is InChI=1S/C16H19ClN4O2/c1-9(6-13-7-10(2)20-21-13)18-16(23)19-12-4-5-14(11(3)22)15(17)8-12/h4-5,7-9H,6H2,1-3H3,(H,20,21)(H2,18,19,23). The lowest BCUT2D eigenvalue weighted by molar-refractivity contribution is 0.101. The van der Waals surface area contributed by atoms with E-state index in [1.807, 2.05) is 19.9 Å². The van der Waals surface area contributed by atoms with Crippen LogP contribution in [0.1, 0.15) is 35.6 Å². The number of anilines is 1. The molecule has 3 N–H and O–H groups in total. The van der Waals surface area contributed by atoms with Gasteiger partial charge in [-0.1, -0.05) is 11.6 Å². The monoisotopic (exact) mass is 334 g/mol. The predicted molar refractivity (Wildman–Crippen MR) is 90.1 cm³/mol. The van der Waals surface area contributed by atoms with E-state index >= 15 is 0 Å². The fraction of sp³-hybridized carbons (Fsp3) is 0.312. The number of aryl methyl sites for hydroxylation is 1. The number of benzene rings is 1. The largest absolute Gasteiger partial charge is 0.335 e. The summed E-state index contributed by atoms with van der Waals surface area (Å²) in [5.41, 5.74) is 2.83. The van der Waals surface area contributed by atoms with E-state index in [9.17, 15) is 9.59 Å². The summed E-state index contributed by atoms with van der Waals surface area (Å²) in [6, 6.07) is 6.32. The van der Waals surface area contributed by atoms with Gasteiger partial charge in [-0.2, -0.15) is 5.10 Å². The lowest BCUT2D eigenvalue weighted by Crippen LogP contribution is -2.37. The van der Waals surface area contributed by atoms with Crippen molar-refractivity contribution in [1.29, 1.82) is 0 Å². The Morgan fingerprint density at radius 3 is 2.65 bits per heavy atom. The third-order valence-corrected chi connectivity index (χ3v) is 3.57. The van der Waals surface area contributed by atoms with Gasteiger partial charge in [0.1, 0.15) is 0 Å². The number of aromatic amines is 1. The number of rotatable bonds is 5. The Kier molecular flexibility index (Phi) is 5.39. The number of nitrogens with one attached hydrogen (secondary N) is 3. The Balaban J connectivity index is 1.91. The molecule has 1 aromatic carbocycles. The summed E-state index contributed by atoms with van der Waals surface area (Å²) in [5.74, 6) is -0.117. The molecule has 6 nitrogen and oxygen atoms in total. The van der Waals surface area contributed by atoms with E-state index in [-0.39, 0.29) is 17.9 Å². The van der Waals surface area contributed by atoms with Gasteiger partial charge < -0.3 is 10.6 Å². The van der Waals surface area contributed by atoms with E-state index in [0.29, 0.717) is 22.7 Å². The van der Waals surface area contributed by atoms with Crippen molar-refractivity contribution in [3.8, 4) is 0 Å². The molecular formula is C16H19ClN4O2. The summed E-state index contributed by atoms with van der Waals surface area (Å²) < 4.78 is 0. The molecule has 1 unspecified atom stereocenters. The fourth-order valence-electron chi connectivity index (χ4n) is 2.21. The SMILES string of the molecule is CC(=O)c1ccc(NC(=O)NC(C)Cc2cc(C)[nH]n2)cc1Cl. The molecule has 2 amide bonds. The van der Waals surface area contributed by atoms with E-state index in [2.05, 4.69) is 20.8 Å². The Morgan fingerprint density at radius 1 is 1.35 bits per heavy atom. The molecule has 0 aliphatic rings. The van der Waals surface area contributed by atoms with Gasteiger partial charge in [0, 0.05) is 29.4 Å². The molecule has 1 aromatic heterocycles. The lowest BCUT2D eigenvalue weighted by atomic mass is 10.1. The highest BCUT2D eigenvalue weighted by Crippen LogP contribution is 2.21. The van der Waals surface area contributed by atoms with Gasteiger partial charge in [-0.25, -0.2) is 4.79 Å². The molecule has 2 aromatic rings. The van der Waals surface area contributed by atoms with Crippen LogP contribution in [0.25, 0.3) is 0 Å². The van der Waals surface area contributed by atoms with Crippen molar-refractivity contribution in [1.82, 2.24) is 15.5 Å². The molecule has 0 fully saturated rings. The van der Waals surface area contributed by atoms with Gasteiger partial charge in [-0.15, -0.1) is 0 Å². The minimum absolute atomic E-state index is 0.0790. The number of hydrogen-bond acceptors (Lipinski definition) is 3. The maximum absolute atomic E-state index is 12.0. The van der Waals surface area contributed by atoms with Crippen LogP contribution in [0.3, 0.4) is 0 Å². The van der Waals surface area contributed by atoms with E-state index in [0.717, 1.165) is 11.4 Å². The molecule has 1 atom stereocenters. The van der Waals surface area contributed by atoms with Crippen LogP contribution in [0.5, 0.6) is 0 Å². The molecular weight excluding hydrogens is 316 g/mol. The topological polar surface area (TPSA) is 86.9 Å². The number of urea groups is 1. The molecule has 0 bridgehead atoms. The number of aromatic nitrogens is 2. The van der Waals surface area contributed by atoms with E-state index < -0.39 is 0 Å². The van der Waals surface area contributed by atoms with Crippen LogP contribution in [0.15, 0.2) is 24.3 Å². The Hall–Kier alpha value is -2.34. The fourth-order valence-corrected chi connectivity index (χ4v) is 2.53. The number of nitrogens with zero attached hydrogens (tertiary/aromatic N) is 1. The maximum atomic E-state index is 12.0. The first-order chi connectivity index (χ1) is 10.8. The Morgan fingerprint density at radius 2 is 2.09 bits per heavy atom. The predicted octanol–water partition coefficient (Wildman–Crippen LogP) is 3.33. The number of carbonyl (C=O) groups is 2. The summed E-state index contributed by atoms with van der Waals surface area (Å²) >= 11 is 6.02. The van der Waals surface area contributed by atoms with E-state index in [1.165, 1.54) is 6.92 Å². The second-order valence-electron chi connectivity index (χ2n) is 5.50. The highest BCUT2D eigenvalue weighted by atomic mass is 35.5. The second kappa shape index (κ2) is 7.28. The number of amides is 2. The van der Waals surface area contributed by atoms with Crippen molar-refractivity contribution in [3.63, 3.8) is 0 Å². The zero-order valence-electron chi connectivity index (χ0n) is 13.2. The van der Waals surface area contributed by atoms with E-state index in [1.54, 1.807) is 18.2 Å². The first-order valence-corrected chi connectivity index (χ1v) is 7.62. The van der Waals surface area contributed by atoms with Crippen LogP contribution >= 0.6 is 11.6 Å². The van der Waals surface area contributed by atoms with Gasteiger partial charge in [0.15, 0.2) is 5.78 Å². The number of carbonyl (C=O) groups excluding carboxylic acids is 2. The summed E-state index contributed by atoms with van der Waals surface area (Å²) in [6.07, 6.45) is 0.627. The molecule has 0 aliphatic heterocycles. The first kappa shape index (κ1) is 17.0. The number of halogens is 1. The summed E-state index contributed by atoms with van der Waals surface area (Å²) in [7, 11) is 0. The van der Waals surface area contributed by atoms with Crippen LogP contribution in [-0.4, -0.2) is 28.1 Å². The van der Waals surface area contributed by atoms with Gasteiger partial charge >= 0.3 is 6.03 Å². The van der Waals surface area contributed by atoms with Gasteiger partial charge in [-0.3, -0.25) is 9.89 Å². The molecule has 0 spiro atoms. The van der Waals surface area contributed by atoms with Crippen molar-refractivity contribution in [3.05, 3.63) is 46.2 Å². The highest BCUT2D eigenvalue weighted by molar-refractivity contribution is 6.34. The number of Topliss-reactive ketones (excluding diaryl/α,β-unsaturated/α-hetero) is 1. The quantitative estimate of drug-likeness (QED) is 0.733. The number of H-pyrrole nitrogens is 1. The van der Waals surface area contributed by atoms with Crippen LogP contribution in [0.2, 0.25) is 5.02 Å². The van der Waals surface area contributed by atoms with Gasteiger partial charge in [0.25, 0.3) is 0 Å². The van der Waals surface area contributed by atoms with Crippen molar-refractivity contribution in [2.75, 3.05) is 5.32 Å². The minimum Gasteiger partial charge on any atom is -0.335 e. The zero-order chi connectivity index (χ0) is 17.0. The summed E-state index contributed by atoms with van der Waals surface area (Å²) in [5, 5.41) is 12.8. The third-order valence-electron chi connectivity index (χ3n) is 3.26. The van der Waals surface area contributed by atoms with Gasteiger partial charge in [-0.05, 0) is 45.0 Å². The average Bonchev–Trinajstić information content (AvgIpc) is 2.83. The molecule has 1 heterocycles. The van der Waals surface area contributed by atoms with Crippen molar-refractivity contribution in [2.45, 2.75) is 33.2 Å². The summed E-state index contributed by atoms with van der Waals surface area (Å²) in [4.78, 5) is 23.3. The normalized spacial score (nSPS) is 11.8. The Labute approximate surface area is 139 Å².